The van der Waals surface area contributed by atoms with E-state index < -0.39 is 0 Å². The Morgan fingerprint density at radius 2 is 1.71 bits per heavy atom. The number of benzene rings is 2. The number of amides is 1. The van der Waals surface area contributed by atoms with Gasteiger partial charge >= 0.3 is 0 Å². The van der Waals surface area contributed by atoms with Gasteiger partial charge in [-0.25, -0.2) is 4.98 Å². The van der Waals surface area contributed by atoms with Gasteiger partial charge in [-0.1, -0.05) is 30.3 Å². The van der Waals surface area contributed by atoms with Crippen LogP contribution in [0.2, 0.25) is 0 Å². The van der Waals surface area contributed by atoms with Crippen LogP contribution in [0.25, 0.3) is 10.6 Å². The second-order valence-electron chi connectivity index (χ2n) is 6.32. The molecule has 0 atom stereocenters. The van der Waals surface area contributed by atoms with Crippen molar-refractivity contribution in [3.63, 3.8) is 0 Å². The summed E-state index contributed by atoms with van der Waals surface area (Å²) in [7, 11) is 3.30. The van der Waals surface area contributed by atoms with Gasteiger partial charge in [-0.3, -0.25) is 4.79 Å². The second-order valence-corrected chi connectivity index (χ2v) is 7.40. The zero-order valence-corrected chi connectivity index (χ0v) is 17.1. The van der Waals surface area contributed by atoms with Crippen LogP contribution in [-0.2, 0) is 17.6 Å². The number of thiazole rings is 1. The summed E-state index contributed by atoms with van der Waals surface area (Å²) in [6.45, 7) is 2.50. The summed E-state index contributed by atoms with van der Waals surface area (Å²) < 4.78 is 10.8. The molecule has 0 aliphatic heterocycles. The Morgan fingerprint density at radius 1 is 1.04 bits per heavy atom. The molecule has 146 valence electrons. The molecule has 1 N–H and O–H groups in total. The Labute approximate surface area is 169 Å². The summed E-state index contributed by atoms with van der Waals surface area (Å²) in [5, 5.41) is 3.86. The molecule has 0 saturated heterocycles. The van der Waals surface area contributed by atoms with E-state index in [0.29, 0.717) is 13.0 Å². The van der Waals surface area contributed by atoms with Crippen molar-refractivity contribution in [2.45, 2.75) is 19.8 Å². The van der Waals surface area contributed by atoms with Crippen molar-refractivity contribution in [3.05, 3.63) is 64.7 Å². The molecule has 0 bridgehead atoms. The predicted octanol–water partition coefficient (Wildman–Crippen LogP) is 4.04. The first kappa shape index (κ1) is 19.9. The van der Waals surface area contributed by atoms with E-state index in [-0.39, 0.29) is 5.91 Å². The van der Waals surface area contributed by atoms with Gasteiger partial charge < -0.3 is 14.8 Å². The van der Waals surface area contributed by atoms with E-state index >= 15 is 0 Å². The lowest BCUT2D eigenvalue weighted by atomic mass is 10.1. The normalized spacial score (nSPS) is 10.5. The minimum Gasteiger partial charge on any atom is -0.496 e. The fourth-order valence-electron chi connectivity index (χ4n) is 2.98. The first-order chi connectivity index (χ1) is 13.6. The van der Waals surface area contributed by atoms with Crippen LogP contribution < -0.4 is 14.8 Å². The first-order valence-electron chi connectivity index (χ1n) is 9.10. The average molecular weight is 397 g/mol. The Kier molecular flexibility index (Phi) is 6.66. The lowest BCUT2D eigenvalue weighted by Gasteiger charge is -2.09. The lowest BCUT2D eigenvalue weighted by molar-refractivity contribution is -0.120. The standard InChI is InChI=1S/C22H24N2O3S/c1-15-20(28-22(24-15)17-9-5-7-11-19(17)27-3)14-21(25)23-13-12-16-8-4-6-10-18(16)26-2/h4-11H,12-14H2,1-3H3,(H,23,25). The quantitative estimate of drug-likeness (QED) is 0.624. The minimum absolute atomic E-state index is 0.00627. The molecular weight excluding hydrogens is 372 g/mol. The predicted molar refractivity (Wildman–Crippen MR) is 112 cm³/mol. The van der Waals surface area contributed by atoms with Crippen LogP contribution in [-0.4, -0.2) is 31.7 Å². The van der Waals surface area contributed by atoms with Crippen molar-refractivity contribution in [2.75, 3.05) is 20.8 Å². The van der Waals surface area contributed by atoms with E-state index in [9.17, 15) is 4.79 Å². The van der Waals surface area contributed by atoms with Crippen LogP contribution in [0.5, 0.6) is 11.5 Å². The summed E-state index contributed by atoms with van der Waals surface area (Å²) in [4.78, 5) is 18.0. The number of para-hydroxylation sites is 2. The van der Waals surface area contributed by atoms with Gasteiger partial charge in [-0.05, 0) is 37.1 Å². The maximum Gasteiger partial charge on any atom is 0.225 e. The van der Waals surface area contributed by atoms with E-state index in [1.807, 2.05) is 55.5 Å². The van der Waals surface area contributed by atoms with Crippen molar-refractivity contribution in [1.82, 2.24) is 10.3 Å². The molecular formula is C22H24N2O3S. The molecule has 5 nitrogen and oxygen atoms in total. The average Bonchev–Trinajstić information content (AvgIpc) is 3.08. The Morgan fingerprint density at radius 3 is 2.46 bits per heavy atom. The maximum atomic E-state index is 12.4. The molecule has 3 aromatic rings. The third-order valence-corrected chi connectivity index (χ3v) is 5.65. The van der Waals surface area contributed by atoms with Crippen LogP contribution in [0.15, 0.2) is 48.5 Å². The summed E-state index contributed by atoms with van der Waals surface area (Å²) >= 11 is 1.53. The van der Waals surface area contributed by atoms with Gasteiger partial charge in [0.2, 0.25) is 5.91 Å². The fraction of sp³-hybridized carbons (Fsp3) is 0.273. The molecule has 0 aliphatic rings. The second kappa shape index (κ2) is 9.37. The molecule has 0 spiro atoms. The highest BCUT2D eigenvalue weighted by atomic mass is 32.1. The monoisotopic (exact) mass is 396 g/mol. The number of aryl methyl sites for hydroxylation is 1. The number of aromatic nitrogens is 1. The molecule has 0 fully saturated rings. The number of nitrogens with one attached hydrogen (secondary N) is 1. The molecule has 1 heterocycles. The largest absolute Gasteiger partial charge is 0.496 e. The van der Waals surface area contributed by atoms with E-state index in [1.165, 1.54) is 11.3 Å². The number of ether oxygens (including phenoxy) is 2. The minimum atomic E-state index is -0.00627. The third kappa shape index (κ3) is 4.70. The lowest BCUT2D eigenvalue weighted by Crippen LogP contribution is -2.27. The highest BCUT2D eigenvalue weighted by Crippen LogP contribution is 2.34. The van der Waals surface area contributed by atoms with Crippen LogP contribution in [0, 0.1) is 6.92 Å². The molecule has 0 radical (unpaired) electrons. The topological polar surface area (TPSA) is 60.5 Å². The molecule has 2 aromatic carbocycles. The van der Waals surface area contributed by atoms with Crippen molar-refractivity contribution < 1.29 is 14.3 Å². The molecule has 0 saturated carbocycles. The number of hydrogen-bond acceptors (Lipinski definition) is 5. The van der Waals surface area contributed by atoms with Gasteiger partial charge in [0, 0.05) is 11.4 Å². The van der Waals surface area contributed by atoms with Crippen LogP contribution >= 0.6 is 11.3 Å². The Balaban J connectivity index is 1.61. The molecule has 1 amide bonds. The van der Waals surface area contributed by atoms with Gasteiger partial charge in [-0.2, -0.15) is 0 Å². The molecule has 6 heteroatoms. The van der Waals surface area contributed by atoms with E-state index in [1.54, 1.807) is 14.2 Å². The van der Waals surface area contributed by atoms with Crippen molar-refractivity contribution in [2.24, 2.45) is 0 Å². The van der Waals surface area contributed by atoms with Crippen LogP contribution in [0.4, 0.5) is 0 Å². The van der Waals surface area contributed by atoms with E-state index in [4.69, 9.17) is 9.47 Å². The molecule has 1 aromatic heterocycles. The summed E-state index contributed by atoms with van der Waals surface area (Å²) in [5.41, 5.74) is 2.91. The van der Waals surface area contributed by atoms with Gasteiger partial charge in [0.25, 0.3) is 0 Å². The number of carbonyl (C=O) groups excluding carboxylic acids is 1. The molecule has 28 heavy (non-hydrogen) atoms. The molecule has 3 rings (SSSR count). The van der Waals surface area contributed by atoms with Crippen molar-refractivity contribution in [3.8, 4) is 22.1 Å². The number of rotatable bonds is 8. The number of methoxy groups -OCH3 is 2. The van der Waals surface area contributed by atoms with Crippen molar-refractivity contribution >= 4 is 17.2 Å². The maximum absolute atomic E-state index is 12.4. The van der Waals surface area contributed by atoms with Gasteiger partial charge in [-0.15, -0.1) is 11.3 Å². The smallest absolute Gasteiger partial charge is 0.225 e. The number of carbonyl (C=O) groups is 1. The summed E-state index contributed by atoms with van der Waals surface area (Å²) in [6.07, 6.45) is 1.05. The summed E-state index contributed by atoms with van der Waals surface area (Å²) in [5.74, 6) is 1.62. The first-order valence-corrected chi connectivity index (χ1v) is 9.92. The van der Waals surface area contributed by atoms with Crippen LogP contribution in [0.3, 0.4) is 0 Å². The van der Waals surface area contributed by atoms with Crippen LogP contribution in [0.1, 0.15) is 16.1 Å². The molecule has 0 aliphatic carbocycles. The summed E-state index contributed by atoms with van der Waals surface area (Å²) in [6, 6.07) is 15.6. The van der Waals surface area contributed by atoms with Gasteiger partial charge in [0.15, 0.2) is 0 Å². The Bertz CT molecular complexity index is 952. The van der Waals surface area contributed by atoms with E-state index in [0.717, 1.165) is 44.6 Å². The Hall–Kier alpha value is -2.86. The van der Waals surface area contributed by atoms with Crippen molar-refractivity contribution in [1.29, 1.82) is 0 Å². The number of nitrogens with zero attached hydrogens (tertiary/aromatic N) is 1. The molecule has 0 unspecified atom stereocenters. The highest BCUT2D eigenvalue weighted by Gasteiger charge is 2.15. The zero-order chi connectivity index (χ0) is 19.9. The number of hydrogen-bond donors (Lipinski definition) is 1. The SMILES string of the molecule is COc1ccccc1CCNC(=O)Cc1sc(-c2ccccc2OC)nc1C. The van der Waals surface area contributed by atoms with Gasteiger partial charge in [0.1, 0.15) is 16.5 Å². The third-order valence-electron chi connectivity index (χ3n) is 4.46. The fourth-order valence-corrected chi connectivity index (χ4v) is 4.07. The highest BCUT2D eigenvalue weighted by molar-refractivity contribution is 7.15. The van der Waals surface area contributed by atoms with Gasteiger partial charge in [0.05, 0.1) is 31.9 Å². The zero-order valence-electron chi connectivity index (χ0n) is 16.3. The van der Waals surface area contributed by atoms with E-state index in [2.05, 4.69) is 10.3 Å².